The van der Waals surface area contributed by atoms with Gasteiger partial charge in [0.2, 0.25) is 5.88 Å². The Morgan fingerprint density at radius 3 is 2.50 bits per heavy atom. The number of benzene rings is 1. The monoisotopic (exact) mass is 245 g/mol. The van der Waals surface area contributed by atoms with Crippen LogP contribution in [0.5, 0.6) is 5.88 Å². The molecule has 0 saturated heterocycles. The molecule has 1 aromatic carbocycles. The molecule has 5 nitrogen and oxygen atoms in total. The number of nitrogens with two attached hydrogens (primary N) is 1. The maximum absolute atomic E-state index is 9.29. The van der Waals surface area contributed by atoms with Crippen molar-refractivity contribution >= 4 is 5.82 Å². The second-order valence-electron chi connectivity index (χ2n) is 4.02. The third-order valence-electron chi connectivity index (χ3n) is 2.46. The van der Waals surface area contributed by atoms with Gasteiger partial charge in [0.05, 0.1) is 5.56 Å². The van der Waals surface area contributed by atoms with Gasteiger partial charge in [0.1, 0.15) is 12.1 Å². The largest absolute Gasteiger partial charge is 0.448 e. The Kier molecular flexibility index (Phi) is 3.43. The van der Waals surface area contributed by atoms with Gasteiger partial charge in [0, 0.05) is 0 Å². The van der Waals surface area contributed by atoms with Crippen LogP contribution in [0.25, 0.3) is 11.1 Å². The number of nitrogen functional groups attached to an aromatic ring is 1. The fraction of sp³-hybridized carbons (Fsp3) is 0.231. The molecule has 0 amide bonds. The van der Waals surface area contributed by atoms with E-state index in [0.717, 1.165) is 11.1 Å². The van der Waals surface area contributed by atoms with E-state index < -0.39 is 6.29 Å². The van der Waals surface area contributed by atoms with E-state index in [1.807, 2.05) is 31.2 Å². The van der Waals surface area contributed by atoms with Gasteiger partial charge in [-0.05, 0) is 19.4 Å². The summed E-state index contributed by atoms with van der Waals surface area (Å²) in [6.45, 7) is 3.51. The number of hydrogen-bond acceptors (Lipinski definition) is 5. The van der Waals surface area contributed by atoms with Gasteiger partial charge in [-0.25, -0.2) is 9.97 Å². The van der Waals surface area contributed by atoms with E-state index in [1.165, 1.54) is 13.3 Å². The molecule has 1 aromatic heterocycles. The Morgan fingerprint density at radius 1 is 1.22 bits per heavy atom. The van der Waals surface area contributed by atoms with Gasteiger partial charge in [-0.3, -0.25) is 0 Å². The maximum atomic E-state index is 9.29. The van der Waals surface area contributed by atoms with Crippen LogP contribution in [0.1, 0.15) is 12.5 Å². The van der Waals surface area contributed by atoms with Crippen LogP contribution >= 0.6 is 0 Å². The third kappa shape index (κ3) is 2.57. The molecule has 1 atom stereocenters. The highest BCUT2D eigenvalue weighted by molar-refractivity contribution is 5.78. The van der Waals surface area contributed by atoms with Gasteiger partial charge < -0.3 is 15.6 Å². The van der Waals surface area contributed by atoms with Crippen molar-refractivity contribution in [3.63, 3.8) is 0 Å². The Bertz CT molecular complexity index is 538. The van der Waals surface area contributed by atoms with Gasteiger partial charge in [-0.15, -0.1) is 0 Å². The summed E-state index contributed by atoms with van der Waals surface area (Å²) in [5.41, 5.74) is 8.45. The molecule has 5 heteroatoms. The molecular weight excluding hydrogens is 230 g/mol. The number of anilines is 1. The van der Waals surface area contributed by atoms with Crippen LogP contribution in [0, 0.1) is 6.92 Å². The zero-order chi connectivity index (χ0) is 13.1. The molecule has 1 unspecified atom stereocenters. The lowest BCUT2D eigenvalue weighted by atomic mass is 10.1. The summed E-state index contributed by atoms with van der Waals surface area (Å²) >= 11 is 0. The fourth-order valence-electron chi connectivity index (χ4n) is 1.62. The first-order valence-corrected chi connectivity index (χ1v) is 5.60. The lowest BCUT2D eigenvalue weighted by molar-refractivity contribution is -0.00325. The van der Waals surface area contributed by atoms with Crippen molar-refractivity contribution in [3.8, 4) is 17.0 Å². The number of ether oxygens (including phenoxy) is 1. The van der Waals surface area contributed by atoms with Gasteiger partial charge in [-0.1, -0.05) is 29.8 Å². The van der Waals surface area contributed by atoms with Crippen LogP contribution in [0.4, 0.5) is 5.82 Å². The highest BCUT2D eigenvalue weighted by atomic mass is 16.6. The van der Waals surface area contributed by atoms with Crippen molar-refractivity contribution in [2.45, 2.75) is 20.1 Å². The fourth-order valence-corrected chi connectivity index (χ4v) is 1.62. The van der Waals surface area contributed by atoms with Crippen LogP contribution in [0.3, 0.4) is 0 Å². The first-order chi connectivity index (χ1) is 8.58. The smallest absolute Gasteiger partial charge is 0.228 e. The second kappa shape index (κ2) is 5.01. The molecule has 2 aromatic rings. The number of aromatic nitrogens is 2. The molecule has 2 rings (SSSR count). The number of aliphatic hydroxyl groups excluding tert-OH is 1. The number of rotatable bonds is 3. The number of aryl methyl sites for hydroxylation is 1. The zero-order valence-electron chi connectivity index (χ0n) is 10.3. The Balaban J connectivity index is 2.51. The van der Waals surface area contributed by atoms with Crippen molar-refractivity contribution in [2.75, 3.05) is 5.73 Å². The van der Waals surface area contributed by atoms with Crippen LogP contribution in [0.2, 0.25) is 0 Å². The SMILES string of the molecule is Cc1ccc(-c2c(N)ncnc2OC(C)O)cc1. The van der Waals surface area contributed by atoms with Crippen LogP contribution < -0.4 is 10.5 Å². The number of aliphatic hydroxyl groups is 1. The third-order valence-corrected chi connectivity index (χ3v) is 2.46. The highest BCUT2D eigenvalue weighted by Crippen LogP contribution is 2.32. The summed E-state index contributed by atoms with van der Waals surface area (Å²) in [4.78, 5) is 7.96. The van der Waals surface area contributed by atoms with Crippen molar-refractivity contribution in [2.24, 2.45) is 0 Å². The highest BCUT2D eigenvalue weighted by Gasteiger charge is 2.14. The molecule has 0 fully saturated rings. The molecule has 0 aliphatic carbocycles. The molecule has 0 aliphatic rings. The predicted molar refractivity (Wildman–Crippen MR) is 68.9 cm³/mol. The van der Waals surface area contributed by atoms with Gasteiger partial charge in [0.15, 0.2) is 6.29 Å². The first kappa shape index (κ1) is 12.3. The summed E-state index contributed by atoms with van der Waals surface area (Å²) in [6.07, 6.45) is 0.355. The lowest BCUT2D eigenvalue weighted by Gasteiger charge is -2.13. The molecule has 18 heavy (non-hydrogen) atoms. The van der Waals surface area contributed by atoms with Crippen molar-refractivity contribution < 1.29 is 9.84 Å². The van der Waals surface area contributed by atoms with Gasteiger partial charge in [-0.2, -0.15) is 0 Å². The van der Waals surface area contributed by atoms with Crippen LogP contribution in [-0.4, -0.2) is 21.4 Å². The summed E-state index contributed by atoms with van der Waals surface area (Å²) in [5, 5.41) is 9.29. The standard InChI is InChI=1S/C13H15N3O2/c1-8-3-5-10(6-4-8)11-12(14)15-7-16-13(11)18-9(2)17/h3-7,9,17H,1-2H3,(H2,14,15,16). The lowest BCUT2D eigenvalue weighted by Crippen LogP contribution is -2.12. The van der Waals surface area contributed by atoms with Gasteiger partial charge >= 0.3 is 0 Å². The van der Waals surface area contributed by atoms with E-state index in [4.69, 9.17) is 10.5 Å². The maximum Gasteiger partial charge on any atom is 0.228 e. The zero-order valence-corrected chi connectivity index (χ0v) is 10.3. The molecule has 0 aliphatic heterocycles. The Morgan fingerprint density at radius 2 is 1.89 bits per heavy atom. The van der Waals surface area contributed by atoms with Crippen molar-refractivity contribution in [1.29, 1.82) is 0 Å². The van der Waals surface area contributed by atoms with E-state index in [2.05, 4.69) is 9.97 Å². The predicted octanol–water partition coefficient (Wildman–Crippen LogP) is 1.75. The van der Waals surface area contributed by atoms with Crippen LogP contribution in [-0.2, 0) is 0 Å². The topological polar surface area (TPSA) is 81.3 Å². The first-order valence-electron chi connectivity index (χ1n) is 5.60. The van der Waals surface area contributed by atoms with E-state index in [0.29, 0.717) is 11.4 Å². The molecule has 1 heterocycles. The van der Waals surface area contributed by atoms with E-state index in [1.54, 1.807) is 0 Å². The van der Waals surface area contributed by atoms with Crippen molar-refractivity contribution in [3.05, 3.63) is 36.2 Å². The second-order valence-corrected chi connectivity index (χ2v) is 4.02. The van der Waals surface area contributed by atoms with E-state index in [9.17, 15) is 5.11 Å². The Hall–Kier alpha value is -2.14. The van der Waals surface area contributed by atoms with E-state index >= 15 is 0 Å². The average molecular weight is 245 g/mol. The molecule has 0 spiro atoms. The summed E-state index contributed by atoms with van der Waals surface area (Å²) in [5.74, 6) is 0.603. The minimum Gasteiger partial charge on any atom is -0.448 e. The average Bonchev–Trinajstić information content (AvgIpc) is 2.30. The minimum atomic E-state index is -0.955. The van der Waals surface area contributed by atoms with Gasteiger partial charge in [0.25, 0.3) is 0 Å². The normalized spacial score (nSPS) is 12.2. The summed E-state index contributed by atoms with van der Waals surface area (Å²) in [6, 6.07) is 7.76. The van der Waals surface area contributed by atoms with E-state index in [-0.39, 0.29) is 5.88 Å². The molecular formula is C13H15N3O2. The Labute approximate surface area is 105 Å². The summed E-state index contributed by atoms with van der Waals surface area (Å²) < 4.78 is 5.24. The summed E-state index contributed by atoms with van der Waals surface area (Å²) in [7, 11) is 0. The number of hydrogen-bond donors (Lipinski definition) is 2. The quantitative estimate of drug-likeness (QED) is 0.805. The molecule has 0 radical (unpaired) electrons. The molecule has 3 N–H and O–H groups in total. The van der Waals surface area contributed by atoms with Crippen LogP contribution in [0.15, 0.2) is 30.6 Å². The minimum absolute atomic E-state index is 0.279. The van der Waals surface area contributed by atoms with Crippen molar-refractivity contribution in [1.82, 2.24) is 9.97 Å². The molecule has 94 valence electrons. The number of nitrogens with zero attached hydrogens (tertiary/aromatic N) is 2. The molecule has 0 saturated carbocycles. The molecule has 0 bridgehead atoms.